The first-order valence-electron chi connectivity index (χ1n) is 10.7. The van der Waals surface area contributed by atoms with Crippen LogP contribution in [-0.2, 0) is 0 Å². The summed E-state index contributed by atoms with van der Waals surface area (Å²) in [6, 6.07) is 5.83. The van der Waals surface area contributed by atoms with Crippen LogP contribution in [0.15, 0.2) is 28.4 Å². The zero-order chi connectivity index (χ0) is 21.3. The molecule has 7 nitrogen and oxygen atoms in total. The molecule has 0 radical (unpaired) electrons. The Morgan fingerprint density at radius 1 is 0.767 bits per heavy atom. The highest BCUT2D eigenvalue weighted by molar-refractivity contribution is 7.80. The average molecular weight is 446 g/mol. The van der Waals surface area contributed by atoms with E-state index in [2.05, 4.69) is 30.9 Å². The van der Waals surface area contributed by atoms with Gasteiger partial charge in [0.15, 0.2) is 10.2 Å². The second-order valence-electron chi connectivity index (χ2n) is 7.73. The molecule has 3 rings (SSSR count). The monoisotopic (exact) mass is 445 g/mol. The van der Waals surface area contributed by atoms with Gasteiger partial charge in [-0.3, -0.25) is 10.9 Å². The lowest BCUT2D eigenvalue weighted by atomic mass is 10.1. The first-order chi connectivity index (χ1) is 14.5. The fourth-order valence-electron chi connectivity index (χ4n) is 3.55. The van der Waals surface area contributed by atoms with E-state index in [1.165, 1.54) is 38.5 Å². The van der Waals surface area contributed by atoms with E-state index >= 15 is 0 Å². The first-order valence-corrected chi connectivity index (χ1v) is 11.5. The van der Waals surface area contributed by atoms with E-state index in [0.29, 0.717) is 10.2 Å². The molecule has 2 fully saturated rings. The highest BCUT2D eigenvalue weighted by atomic mass is 32.1. The topological polar surface area (TPSA) is 68.2 Å². The average Bonchev–Trinajstić information content (AvgIpc) is 2.81. The van der Waals surface area contributed by atoms with Gasteiger partial charge in [0, 0.05) is 26.2 Å². The van der Waals surface area contributed by atoms with E-state index < -0.39 is 0 Å². The van der Waals surface area contributed by atoms with Crippen LogP contribution in [0.5, 0.6) is 0 Å². The smallest absolute Gasteiger partial charge is 0.189 e. The summed E-state index contributed by atoms with van der Waals surface area (Å²) in [7, 11) is 0. The van der Waals surface area contributed by atoms with Gasteiger partial charge in [-0.25, -0.2) is 4.98 Å². The van der Waals surface area contributed by atoms with Crippen molar-refractivity contribution in [3.63, 3.8) is 0 Å². The maximum Gasteiger partial charge on any atom is 0.189 e. The molecule has 0 saturated carbocycles. The number of rotatable bonds is 4. The number of hydrazone groups is 2. The minimum Gasteiger partial charge on any atom is -0.348 e. The molecule has 2 saturated heterocycles. The molecular weight excluding hydrogens is 414 g/mol. The van der Waals surface area contributed by atoms with Gasteiger partial charge in [0.1, 0.15) is 0 Å². The van der Waals surface area contributed by atoms with Crippen molar-refractivity contribution in [3.8, 4) is 0 Å². The van der Waals surface area contributed by atoms with E-state index in [9.17, 15) is 0 Å². The lowest BCUT2D eigenvalue weighted by Gasteiger charge is -2.28. The van der Waals surface area contributed by atoms with Crippen LogP contribution >= 0.6 is 24.4 Å². The van der Waals surface area contributed by atoms with Gasteiger partial charge in [-0.15, -0.1) is 0 Å². The number of likely N-dealkylation sites (tertiary alicyclic amines) is 2. The van der Waals surface area contributed by atoms with Crippen LogP contribution in [0.2, 0.25) is 0 Å². The van der Waals surface area contributed by atoms with E-state index in [1.54, 1.807) is 0 Å². The normalized spacial score (nSPS) is 18.2. The third-order valence-electron chi connectivity index (χ3n) is 5.42. The van der Waals surface area contributed by atoms with Crippen LogP contribution in [0.3, 0.4) is 0 Å². The summed E-state index contributed by atoms with van der Waals surface area (Å²) in [6.45, 7) is 7.83. The number of nitrogens with one attached hydrogen (secondary N) is 2. The van der Waals surface area contributed by atoms with Crippen molar-refractivity contribution < 1.29 is 0 Å². The highest BCUT2D eigenvalue weighted by Gasteiger charge is 2.14. The van der Waals surface area contributed by atoms with E-state index in [1.807, 2.05) is 32.0 Å². The molecule has 0 atom stereocenters. The van der Waals surface area contributed by atoms with Crippen molar-refractivity contribution in [2.24, 2.45) is 10.2 Å². The number of pyridine rings is 1. The minimum atomic E-state index is 0.679. The predicted molar refractivity (Wildman–Crippen MR) is 131 cm³/mol. The Hall–Kier alpha value is -2.13. The summed E-state index contributed by atoms with van der Waals surface area (Å²) in [6.07, 6.45) is 7.28. The van der Waals surface area contributed by atoms with Crippen LogP contribution < -0.4 is 10.9 Å². The van der Waals surface area contributed by atoms with Gasteiger partial charge in [0.25, 0.3) is 0 Å². The van der Waals surface area contributed by atoms with Gasteiger partial charge in [-0.05, 0) is 88.9 Å². The lowest BCUT2D eigenvalue weighted by Crippen LogP contribution is -2.41. The van der Waals surface area contributed by atoms with E-state index in [4.69, 9.17) is 29.4 Å². The Balaban J connectivity index is 1.59. The van der Waals surface area contributed by atoms with Crippen molar-refractivity contribution in [1.29, 1.82) is 0 Å². The van der Waals surface area contributed by atoms with Crippen molar-refractivity contribution in [2.75, 3.05) is 26.2 Å². The number of aromatic nitrogens is 1. The molecule has 0 aromatic carbocycles. The molecule has 162 valence electrons. The van der Waals surface area contributed by atoms with Gasteiger partial charge >= 0.3 is 0 Å². The molecule has 0 aliphatic carbocycles. The maximum absolute atomic E-state index is 5.47. The molecule has 2 aliphatic rings. The molecule has 2 aliphatic heterocycles. The fourth-order valence-corrected chi connectivity index (χ4v) is 4.01. The third-order valence-corrected chi connectivity index (χ3v) is 6.11. The first kappa shape index (κ1) is 22.6. The van der Waals surface area contributed by atoms with Gasteiger partial charge < -0.3 is 9.80 Å². The summed E-state index contributed by atoms with van der Waals surface area (Å²) in [5, 5.41) is 10.2. The second kappa shape index (κ2) is 11.3. The number of nitrogens with zero attached hydrogens (tertiary/aromatic N) is 5. The molecule has 0 bridgehead atoms. The third kappa shape index (κ3) is 6.43. The Morgan fingerprint density at radius 2 is 1.17 bits per heavy atom. The molecular formula is C21H31N7S2. The molecule has 0 amide bonds. The maximum atomic E-state index is 5.47. The Labute approximate surface area is 190 Å². The molecule has 9 heteroatoms. The number of hydrogen-bond donors (Lipinski definition) is 2. The second-order valence-corrected chi connectivity index (χ2v) is 8.51. The number of hydrogen-bond acceptors (Lipinski definition) is 5. The van der Waals surface area contributed by atoms with Crippen molar-refractivity contribution >= 4 is 46.1 Å². The minimum absolute atomic E-state index is 0.679. The van der Waals surface area contributed by atoms with Crippen molar-refractivity contribution in [3.05, 3.63) is 29.6 Å². The van der Waals surface area contributed by atoms with Gasteiger partial charge in [0.05, 0.1) is 22.8 Å². The van der Waals surface area contributed by atoms with Gasteiger partial charge in [-0.1, -0.05) is 6.07 Å². The van der Waals surface area contributed by atoms with Crippen LogP contribution in [0.4, 0.5) is 0 Å². The summed E-state index contributed by atoms with van der Waals surface area (Å²) in [5.41, 5.74) is 9.16. The zero-order valence-electron chi connectivity index (χ0n) is 17.9. The number of piperidine rings is 2. The van der Waals surface area contributed by atoms with Crippen LogP contribution in [0.1, 0.15) is 63.8 Å². The summed E-state index contributed by atoms with van der Waals surface area (Å²) in [5.74, 6) is 0. The lowest BCUT2D eigenvalue weighted by molar-refractivity contribution is 0.338. The van der Waals surface area contributed by atoms with Crippen molar-refractivity contribution in [2.45, 2.75) is 52.4 Å². The molecule has 0 unspecified atom stereocenters. The van der Waals surface area contributed by atoms with Gasteiger partial charge in [-0.2, -0.15) is 10.2 Å². The van der Waals surface area contributed by atoms with E-state index in [-0.39, 0.29) is 0 Å². The Kier molecular flexibility index (Phi) is 8.50. The molecule has 1 aromatic heterocycles. The standard InChI is InChI=1S/C21H31N7S2/c1-16(23-25-20(29)27-12-5-3-6-13-27)18-10-9-11-19(22-18)17(2)24-26-21(30)28-14-7-4-8-15-28/h9-11H,3-8,12-15H2,1-2H3,(H,25,29)(H,26,30). The largest absolute Gasteiger partial charge is 0.348 e. The van der Waals surface area contributed by atoms with Crippen LogP contribution in [0.25, 0.3) is 0 Å². The zero-order valence-corrected chi connectivity index (χ0v) is 19.5. The van der Waals surface area contributed by atoms with Crippen molar-refractivity contribution in [1.82, 2.24) is 25.6 Å². The summed E-state index contributed by atoms with van der Waals surface area (Å²) >= 11 is 10.9. The molecule has 30 heavy (non-hydrogen) atoms. The Morgan fingerprint density at radius 3 is 1.57 bits per heavy atom. The fraction of sp³-hybridized carbons (Fsp3) is 0.571. The molecule has 2 N–H and O–H groups in total. The molecule has 3 heterocycles. The van der Waals surface area contributed by atoms with Crippen LogP contribution in [-0.4, -0.2) is 62.6 Å². The van der Waals surface area contributed by atoms with Crippen LogP contribution in [0, 0.1) is 0 Å². The quantitative estimate of drug-likeness (QED) is 0.419. The van der Waals surface area contributed by atoms with Gasteiger partial charge in [0.2, 0.25) is 0 Å². The Bertz CT molecular complexity index is 746. The highest BCUT2D eigenvalue weighted by Crippen LogP contribution is 2.10. The summed E-state index contributed by atoms with van der Waals surface area (Å²) < 4.78 is 0. The van der Waals surface area contributed by atoms with E-state index in [0.717, 1.165) is 49.0 Å². The molecule has 0 spiro atoms. The predicted octanol–water partition coefficient (Wildman–Crippen LogP) is 3.25. The SMILES string of the molecule is CC(=NNC(=S)N1CCCCC1)c1cccc(C(C)=NNC(=S)N2CCCCC2)n1. The number of thiocarbonyl (C=S) groups is 2. The summed E-state index contributed by atoms with van der Waals surface area (Å²) in [4.78, 5) is 9.05. The molecule has 1 aromatic rings.